The molecule has 3 heteroatoms. The summed E-state index contributed by atoms with van der Waals surface area (Å²) < 4.78 is -0.250. The van der Waals surface area contributed by atoms with Crippen LogP contribution in [-0.4, -0.2) is 25.8 Å². The third-order valence-corrected chi connectivity index (χ3v) is 0. The normalized spacial score (nSPS) is 10.0. The lowest BCUT2D eigenvalue weighted by Crippen LogP contribution is -2.25. The lowest BCUT2D eigenvalue weighted by atomic mass is 11.0. The van der Waals surface area contributed by atoms with Gasteiger partial charge in [0.2, 0.25) is 0 Å². The molecule has 0 atom stereocenters. The van der Waals surface area contributed by atoms with E-state index < -0.39 is 0 Å². The Labute approximate surface area is 45.4 Å². The monoisotopic (exact) mass is 107 g/mol. The molecule has 0 aromatic heterocycles. The van der Waals surface area contributed by atoms with E-state index in [4.69, 9.17) is 0 Å². The highest BCUT2D eigenvalue weighted by molar-refractivity contribution is 7.59. The molecular weight excluding hydrogens is 98.1 g/mol. The zero-order valence-corrected chi connectivity index (χ0v) is 5.08. The molecule has 0 saturated heterocycles. The van der Waals surface area contributed by atoms with Crippen LogP contribution in [0.2, 0.25) is 0 Å². The fraction of sp³-hybridized carbons (Fsp3) is 1.00. The van der Waals surface area contributed by atoms with Crippen LogP contribution in [0.25, 0.3) is 0 Å². The van der Waals surface area contributed by atoms with Gasteiger partial charge in [0.05, 0.1) is 21.1 Å². The molecular formula is C3H9NOS. The van der Waals surface area contributed by atoms with Crippen LogP contribution >= 0.6 is 13.5 Å². The Morgan fingerprint density at radius 3 is 1.17 bits per heavy atom. The highest BCUT2D eigenvalue weighted by Gasteiger charge is 1.79. The minimum Gasteiger partial charge on any atom is -0.633 e. The van der Waals surface area contributed by atoms with Crippen molar-refractivity contribution in [2.45, 2.75) is 0 Å². The molecule has 0 spiro atoms. The molecule has 2 radical (unpaired) electrons. The molecule has 0 aliphatic heterocycles. The zero-order valence-electron chi connectivity index (χ0n) is 4.26. The third kappa shape index (κ3) is 626. The van der Waals surface area contributed by atoms with Crippen molar-refractivity contribution >= 4 is 13.5 Å². The summed E-state index contributed by atoms with van der Waals surface area (Å²) in [5.41, 5.74) is 0. The van der Waals surface area contributed by atoms with Crippen molar-refractivity contribution in [3.63, 3.8) is 0 Å². The quantitative estimate of drug-likeness (QED) is 0.332. The summed E-state index contributed by atoms with van der Waals surface area (Å²) in [6, 6.07) is 0. The Balaban J connectivity index is 0. The molecule has 0 aliphatic carbocycles. The van der Waals surface area contributed by atoms with E-state index in [-0.39, 0.29) is 18.1 Å². The summed E-state index contributed by atoms with van der Waals surface area (Å²) in [4.78, 5) is 0. The molecule has 38 valence electrons. The number of hydrogen-bond acceptors (Lipinski definition) is 1. The molecule has 0 unspecified atom stereocenters. The van der Waals surface area contributed by atoms with Gasteiger partial charge < -0.3 is 9.85 Å². The van der Waals surface area contributed by atoms with Gasteiger partial charge in [0.1, 0.15) is 0 Å². The highest BCUT2D eigenvalue weighted by Crippen LogP contribution is 1.77. The van der Waals surface area contributed by atoms with Crippen molar-refractivity contribution in [1.29, 1.82) is 0 Å². The maximum absolute atomic E-state index is 10.0. The molecule has 0 aliphatic rings. The lowest BCUT2D eigenvalue weighted by Gasteiger charge is -2.27. The fourth-order valence-corrected chi connectivity index (χ4v) is 0. The van der Waals surface area contributed by atoms with Crippen molar-refractivity contribution in [3.8, 4) is 0 Å². The fourth-order valence-electron chi connectivity index (χ4n) is 0. The van der Waals surface area contributed by atoms with Gasteiger partial charge in [0.25, 0.3) is 0 Å². The first-order chi connectivity index (χ1) is 2.00. The molecule has 0 rings (SSSR count). The van der Waals surface area contributed by atoms with E-state index in [1.807, 2.05) is 0 Å². The standard InChI is InChI=1S/C3H9NO.S/c1-4(2,3)5;/h1-3H3;. The summed E-state index contributed by atoms with van der Waals surface area (Å²) in [6.45, 7) is 0. The maximum atomic E-state index is 10.0. The van der Waals surface area contributed by atoms with Gasteiger partial charge in [-0.15, -0.1) is 0 Å². The third-order valence-electron chi connectivity index (χ3n) is 0. The van der Waals surface area contributed by atoms with Gasteiger partial charge in [-0.25, -0.2) is 0 Å². The smallest absolute Gasteiger partial charge is 0.0674 e. The molecule has 0 bridgehead atoms. The largest absolute Gasteiger partial charge is 0.633 e. The number of nitrogens with zero attached hydrogens (tertiary/aromatic N) is 1. The SMILES string of the molecule is C[N+](C)(C)[O-].[S]. The van der Waals surface area contributed by atoms with Crippen LogP contribution in [0.4, 0.5) is 0 Å². The minimum absolute atomic E-state index is 0. The predicted octanol–water partition coefficient (Wildman–Crippen LogP) is 0.839. The van der Waals surface area contributed by atoms with Gasteiger partial charge in [-0.3, -0.25) is 0 Å². The van der Waals surface area contributed by atoms with Gasteiger partial charge in [-0.2, -0.15) is 0 Å². The predicted molar refractivity (Wildman–Crippen MR) is 29.0 cm³/mol. The Kier molecular flexibility index (Phi) is 3.89. The Morgan fingerprint density at radius 1 is 1.17 bits per heavy atom. The molecule has 0 amide bonds. The average molecular weight is 107 g/mol. The molecule has 0 saturated carbocycles. The number of hydroxylamine groups is 3. The number of hydrogen-bond donors (Lipinski definition) is 0. The topological polar surface area (TPSA) is 23.1 Å². The van der Waals surface area contributed by atoms with E-state index in [1.165, 1.54) is 0 Å². The van der Waals surface area contributed by atoms with Crippen molar-refractivity contribution in [2.24, 2.45) is 0 Å². The number of rotatable bonds is 0. The van der Waals surface area contributed by atoms with E-state index in [2.05, 4.69) is 0 Å². The maximum Gasteiger partial charge on any atom is 0.0674 e. The van der Waals surface area contributed by atoms with Gasteiger partial charge in [-0.1, -0.05) is 0 Å². The van der Waals surface area contributed by atoms with E-state index in [0.29, 0.717) is 0 Å². The second-order valence-corrected chi connectivity index (χ2v) is 1.89. The van der Waals surface area contributed by atoms with Crippen LogP contribution in [0, 0.1) is 5.21 Å². The van der Waals surface area contributed by atoms with E-state index >= 15 is 0 Å². The van der Waals surface area contributed by atoms with Crippen molar-refractivity contribution in [3.05, 3.63) is 5.21 Å². The van der Waals surface area contributed by atoms with Crippen molar-refractivity contribution < 1.29 is 4.65 Å². The van der Waals surface area contributed by atoms with Crippen molar-refractivity contribution in [1.82, 2.24) is 0 Å². The summed E-state index contributed by atoms with van der Waals surface area (Å²) in [6.07, 6.45) is 0. The molecule has 0 aromatic carbocycles. The van der Waals surface area contributed by atoms with Gasteiger partial charge in [-0.05, 0) is 0 Å². The molecule has 2 nitrogen and oxygen atoms in total. The Hall–Kier alpha value is 0.270. The van der Waals surface area contributed by atoms with Crippen LogP contribution in [0.15, 0.2) is 0 Å². The lowest BCUT2D eigenvalue weighted by molar-refractivity contribution is -0.818. The van der Waals surface area contributed by atoms with Crippen LogP contribution in [0.3, 0.4) is 0 Å². The average Bonchev–Trinajstić information content (AvgIpc) is 0.722. The second-order valence-electron chi connectivity index (χ2n) is 1.89. The van der Waals surface area contributed by atoms with E-state index in [0.717, 1.165) is 0 Å². The Morgan fingerprint density at radius 2 is 1.17 bits per heavy atom. The minimum atomic E-state index is -0.250. The van der Waals surface area contributed by atoms with Crippen LogP contribution in [0.1, 0.15) is 0 Å². The first kappa shape index (κ1) is 9.55. The summed E-state index contributed by atoms with van der Waals surface area (Å²) in [5.74, 6) is 0. The molecule has 6 heavy (non-hydrogen) atoms. The summed E-state index contributed by atoms with van der Waals surface area (Å²) in [5, 5.41) is 10.0. The summed E-state index contributed by atoms with van der Waals surface area (Å²) in [7, 11) is 4.71. The van der Waals surface area contributed by atoms with Crippen LogP contribution < -0.4 is 0 Å². The van der Waals surface area contributed by atoms with Crippen molar-refractivity contribution in [2.75, 3.05) is 21.1 Å². The van der Waals surface area contributed by atoms with E-state index in [1.54, 1.807) is 21.1 Å². The molecule has 0 aromatic rings. The molecule has 0 N–H and O–H groups in total. The zero-order chi connectivity index (χ0) is 4.50. The van der Waals surface area contributed by atoms with Gasteiger partial charge >= 0.3 is 0 Å². The van der Waals surface area contributed by atoms with Crippen LogP contribution in [0.5, 0.6) is 0 Å². The molecule has 0 fully saturated rings. The molecule has 0 heterocycles. The van der Waals surface area contributed by atoms with E-state index in [9.17, 15) is 5.21 Å². The first-order valence-corrected chi connectivity index (χ1v) is 1.52. The number of quaternary nitrogens is 1. The van der Waals surface area contributed by atoms with Gasteiger partial charge in [0, 0.05) is 13.5 Å². The van der Waals surface area contributed by atoms with Crippen LogP contribution in [-0.2, 0) is 0 Å². The van der Waals surface area contributed by atoms with Gasteiger partial charge in [0.15, 0.2) is 0 Å². The highest BCUT2D eigenvalue weighted by atomic mass is 32.1. The Bertz CT molecular complexity index is 26.3. The summed E-state index contributed by atoms with van der Waals surface area (Å²) >= 11 is 0. The second kappa shape index (κ2) is 2.44. The first-order valence-electron chi connectivity index (χ1n) is 1.52.